The molecule has 128 valence electrons. The van der Waals surface area contributed by atoms with Crippen LogP contribution in [-0.2, 0) is 9.59 Å². The van der Waals surface area contributed by atoms with Gasteiger partial charge in [0.05, 0.1) is 0 Å². The lowest BCUT2D eigenvalue weighted by Crippen LogP contribution is -2.46. The Morgan fingerprint density at radius 3 is 2.54 bits per heavy atom. The number of likely N-dealkylation sites (tertiary alicyclic amines) is 1. The molecule has 6 heteroatoms. The maximum Gasteiger partial charge on any atom is 0.332 e. The quantitative estimate of drug-likeness (QED) is 0.798. The second-order valence-corrected chi connectivity index (χ2v) is 6.68. The smallest absolute Gasteiger partial charge is 0.332 e. The first-order valence-corrected chi connectivity index (χ1v) is 8.46. The standard InChI is InChI=1S/C18H23N3O3/c1-13-7-6-10-19(11-13)16(22)12-20-17(23)14(2)21(18(20)24)15-8-4-3-5-9-15/h3-5,8-9,13-14H,6-7,10-12H2,1-2H3/t13-,14-/m0/s1. The van der Waals surface area contributed by atoms with E-state index in [1.807, 2.05) is 18.2 Å². The molecule has 2 atom stereocenters. The first kappa shape index (κ1) is 16.5. The molecule has 4 amide bonds. The number of hydrogen-bond donors (Lipinski definition) is 0. The van der Waals surface area contributed by atoms with Gasteiger partial charge in [0.15, 0.2) is 0 Å². The summed E-state index contributed by atoms with van der Waals surface area (Å²) in [5.74, 6) is 0.0000413. The number of piperidine rings is 1. The van der Waals surface area contributed by atoms with Crippen LogP contribution in [0.4, 0.5) is 10.5 Å². The highest BCUT2D eigenvalue weighted by Crippen LogP contribution is 2.25. The lowest BCUT2D eigenvalue weighted by atomic mass is 10.0. The van der Waals surface area contributed by atoms with Gasteiger partial charge in [-0.25, -0.2) is 4.79 Å². The molecule has 2 fully saturated rings. The van der Waals surface area contributed by atoms with E-state index < -0.39 is 12.1 Å². The lowest BCUT2D eigenvalue weighted by molar-refractivity contribution is -0.138. The molecular weight excluding hydrogens is 306 g/mol. The van der Waals surface area contributed by atoms with E-state index >= 15 is 0 Å². The highest BCUT2D eigenvalue weighted by Gasteiger charge is 2.44. The fraction of sp³-hybridized carbons (Fsp3) is 0.500. The summed E-state index contributed by atoms with van der Waals surface area (Å²) in [6.45, 7) is 5.05. The number of hydrogen-bond acceptors (Lipinski definition) is 3. The third-order valence-electron chi connectivity index (χ3n) is 4.79. The van der Waals surface area contributed by atoms with Crippen molar-refractivity contribution in [3.05, 3.63) is 30.3 Å². The highest BCUT2D eigenvalue weighted by molar-refractivity contribution is 6.15. The van der Waals surface area contributed by atoms with Crippen molar-refractivity contribution in [2.24, 2.45) is 5.92 Å². The topological polar surface area (TPSA) is 60.9 Å². The van der Waals surface area contributed by atoms with E-state index in [2.05, 4.69) is 6.92 Å². The summed E-state index contributed by atoms with van der Waals surface area (Å²) in [6, 6.07) is 8.07. The van der Waals surface area contributed by atoms with Gasteiger partial charge in [-0.3, -0.25) is 19.4 Å². The van der Waals surface area contributed by atoms with Crippen LogP contribution in [0.2, 0.25) is 0 Å². The van der Waals surface area contributed by atoms with Gasteiger partial charge in [-0.2, -0.15) is 0 Å². The molecule has 2 aliphatic rings. The van der Waals surface area contributed by atoms with Crippen molar-refractivity contribution >= 4 is 23.5 Å². The van der Waals surface area contributed by atoms with E-state index in [1.165, 1.54) is 4.90 Å². The van der Waals surface area contributed by atoms with Crippen molar-refractivity contribution in [1.29, 1.82) is 0 Å². The van der Waals surface area contributed by atoms with E-state index in [0.717, 1.165) is 17.7 Å². The van der Waals surface area contributed by atoms with Crippen LogP contribution in [0.3, 0.4) is 0 Å². The Hall–Kier alpha value is -2.37. The molecule has 2 heterocycles. The molecule has 0 aliphatic carbocycles. The zero-order valence-electron chi connectivity index (χ0n) is 14.1. The Morgan fingerprint density at radius 1 is 1.17 bits per heavy atom. The maximum atomic E-state index is 12.7. The number of imide groups is 1. The number of nitrogens with zero attached hydrogens (tertiary/aromatic N) is 3. The summed E-state index contributed by atoms with van der Waals surface area (Å²) in [5, 5.41) is 0. The van der Waals surface area contributed by atoms with E-state index in [0.29, 0.717) is 24.7 Å². The van der Waals surface area contributed by atoms with Crippen molar-refractivity contribution in [1.82, 2.24) is 9.80 Å². The molecule has 0 unspecified atom stereocenters. The number of carbonyl (C=O) groups excluding carboxylic acids is 3. The Labute approximate surface area is 142 Å². The van der Waals surface area contributed by atoms with Crippen molar-refractivity contribution in [3.63, 3.8) is 0 Å². The third-order valence-corrected chi connectivity index (χ3v) is 4.79. The minimum absolute atomic E-state index is 0.148. The van der Waals surface area contributed by atoms with Gasteiger partial charge >= 0.3 is 6.03 Å². The van der Waals surface area contributed by atoms with Crippen molar-refractivity contribution < 1.29 is 14.4 Å². The minimum atomic E-state index is -0.590. The van der Waals surface area contributed by atoms with Gasteiger partial charge in [-0.15, -0.1) is 0 Å². The normalized spacial score (nSPS) is 24.7. The predicted octanol–water partition coefficient (Wildman–Crippen LogP) is 2.10. The summed E-state index contributed by atoms with van der Waals surface area (Å²) in [4.78, 5) is 42.0. The minimum Gasteiger partial charge on any atom is -0.341 e. The summed E-state index contributed by atoms with van der Waals surface area (Å²) in [6.07, 6.45) is 2.09. The molecule has 6 nitrogen and oxygen atoms in total. The van der Waals surface area contributed by atoms with Crippen molar-refractivity contribution in [2.45, 2.75) is 32.7 Å². The number of rotatable bonds is 3. The number of urea groups is 1. The number of carbonyl (C=O) groups is 3. The molecule has 0 saturated carbocycles. The van der Waals surface area contributed by atoms with Gasteiger partial charge in [0.2, 0.25) is 5.91 Å². The molecule has 0 radical (unpaired) electrons. The van der Waals surface area contributed by atoms with Crippen LogP contribution in [-0.4, -0.2) is 53.3 Å². The maximum absolute atomic E-state index is 12.7. The lowest BCUT2D eigenvalue weighted by Gasteiger charge is -2.31. The van der Waals surface area contributed by atoms with Crippen molar-refractivity contribution in [3.8, 4) is 0 Å². The molecule has 1 aromatic rings. The van der Waals surface area contributed by atoms with Crippen molar-refractivity contribution in [2.75, 3.05) is 24.5 Å². The SMILES string of the molecule is C[C@H]1CCCN(C(=O)CN2C(=O)[C@H](C)N(c3ccccc3)C2=O)C1. The van der Waals surface area contributed by atoms with E-state index in [-0.39, 0.29) is 18.4 Å². The highest BCUT2D eigenvalue weighted by atomic mass is 16.2. The van der Waals surface area contributed by atoms with Gasteiger partial charge in [0, 0.05) is 18.8 Å². The molecule has 2 aliphatic heterocycles. The van der Waals surface area contributed by atoms with Gasteiger partial charge in [-0.05, 0) is 37.8 Å². The Kier molecular flexibility index (Phi) is 4.55. The summed E-state index contributed by atoms with van der Waals surface area (Å²) >= 11 is 0. The average molecular weight is 329 g/mol. The van der Waals surface area contributed by atoms with Crippen LogP contribution in [0.5, 0.6) is 0 Å². The fourth-order valence-corrected chi connectivity index (χ4v) is 3.45. The zero-order chi connectivity index (χ0) is 17.3. The zero-order valence-corrected chi connectivity index (χ0v) is 14.1. The molecule has 2 saturated heterocycles. The number of benzene rings is 1. The second-order valence-electron chi connectivity index (χ2n) is 6.68. The largest absolute Gasteiger partial charge is 0.341 e. The van der Waals surface area contributed by atoms with E-state index in [1.54, 1.807) is 24.0 Å². The molecule has 0 N–H and O–H groups in total. The number of para-hydroxylation sites is 1. The first-order chi connectivity index (χ1) is 11.5. The van der Waals surface area contributed by atoms with Gasteiger partial charge < -0.3 is 4.90 Å². The number of anilines is 1. The predicted molar refractivity (Wildman–Crippen MR) is 90.5 cm³/mol. The molecule has 0 spiro atoms. The van der Waals surface area contributed by atoms with Crippen LogP contribution in [0, 0.1) is 5.92 Å². The molecule has 0 aromatic heterocycles. The molecule has 1 aromatic carbocycles. The number of amides is 4. The molecular formula is C18H23N3O3. The van der Waals surface area contributed by atoms with Crippen LogP contribution < -0.4 is 4.90 Å². The molecule has 24 heavy (non-hydrogen) atoms. The Morgan fingerprint density at radius 2 is 1.88 bits per heavy atom. The molecule has 3 rings (SSSR count). The van der Waals surface area contributed by atoms with Gasteiger partial charge in [0.25, 0.3) is 5.91 Å². The molecule has 0 bridgehead atoms. The summed E-state index contributed by atoms with van der Waals surface area (Å²) < 4.78 is 0. The fourth-order valence-electron chi connectivity index (χ4n) is 3.45. The van der Waals surface area contributed by atoms with E-state index in [9.17, 15) is 14.4 Å². The van der Waals surface area contributed by atoms with Gasteiger partial charge in [0.1, 0.15) is 12.6 Å². The Balaban J connectivity index is 1.73. The summed E-state index contributed by atoms with van der Waals surface area (Å²) in [5.41, 5.74) is 0.671. The second kappa shape index (κ2) is 6.63. The third kappa shape index (κ3) is 3.00. The van der Waals surface area contributed by atoms with Crippen LogP contribution in [0.25, 0.3) is 0 Å². The van der Waals surface area contributed by atoms with E-state index in [4.69, 9.17) is 0 Å². The van der Waals surface area contributed by atoms with Gasteiger partial charge in [-0.1, -0.05) is 25.1 Å². The monoisotopic (exact) mass is 329 g/mol. The first-order valence-electron chi connectivity index (χ1n) is 8.46. The van der Waals surface area contributed by atoms with Crippen LogP contribution in [0.15, 0.2) is 30.3 Å². The van der Waals surface area contributed by atoms with Crippen LogP contribution in [0.1, 0.15) is 26.7 Å². The average Bonchev–Trinajstić information content (AvgIpc) is 2.79. The Bertz CT molecular complexity index is 646. The van der Waals surface area contributed by atoms with Crippen LogP contribution >= 0.6 is 0 Å². The summed E-state index contributed by atoms with van der Waals surface area (Å²) in [7, 11) is 0.